The predicted molar refractivity (Wildman–Crippen MR) is 78.6 cm³/mol. The summed E-state index contributed by atoms with van der Waals surface area (Å²) in [4.78, 5) is 14.9. The summed E-state index contributed by atoms with van der Waals surface area (Å²) >= 11 is 0. The molecule has 4 N–H and O–H groups in total. The predicted octanol–water partition coefficient (Wildman–Crippen LogP) is 2.14. The van der Waals surface area contributed by atoms with E-state index in [0.29, 0.717) is 5.56 Å². The van der Waals surface area contributed by atoms with Crippen LogP contribution in [-0.2, 0) is 12.8 Å². The Morgan fingerprint density at radius 3 is 2.85 bits per heavy atom. The van der Waals surface area contributed by atoms with Crippen molar-refractivity contribution in [2.24, 2.45) is 11.7 Å². The molecule has 2 aromatic rings. The SMILES string of the molecule is CC(C)(O)C1CCc2c([nH]c3c(C(N)=O)cccc23)C1. The first-order valence-electron chi connectivity index (χ1n) is 7.02. The van der Waals surface area contributed by atoms with Gasteiger partial charge in [-0.3, -0.25) is 4.79 Å². The first kappa shape index (κ1) is 13.2. The molecule has 1 amide bonds. The average Bonchev–Trinajstić information content (AvgIpc) is 2.74. The number of para-hydroxylation sites is 1. The summed E-state index contributed by atoms with van der Waals surface area (Å²) in [6.07, 6.45) is 2.70. The quantitative estimate of drug-likeness (QED) is 0.783. The molecule has 0 spiro atoms. The lowest BCUT2D eigenvalue weighted by atomic mass is 9.78. The molecular formula is C16H20N2O2. The number of benzene rings is 1. The Bertz CT molecular complexity index is 680. The molecule has 1 aromatic heterocycles. The highest BCUT2D eigenvalue weighted by atomic mass is 16.3. The van der Waals surface area contributed by atoms with Crippen molar-refractivity contribution >= 4 is 16.8 Å². The molecule has 4 heteroatoms. The molecule has 1 aromatic carbocycles. The van der Waals surface area contributed by atoms with Crippen molar-refractivity contribution in [2.75, 3.05) is 0 Å². The van der Waals surface area contributed by atoms with Crippen LogP contribution in [0.4, 0.5) is 0 Å². The summed E-state index contributed by atoms with van der Waals surface area (Å²) in [5.74, 6) is -0.173. The van der Waals surface area contributed by atoms with Crippen molar-refractivity contribution in [1.82, 2.24) is 4.98 Å². The van der Waals surface area contributed by atoms with Crippen molar-refractivity contribution in [3.8, 4) is 0 Å². The van der Waals surface area contributed by atoms with Gasteiger partial charge in [-0.1, -0.05) is 12.1 Å². The molecule has 106 valence electrons. The number of carbonyl (C=O) groups is 1. The number of hydrogen-bond acceptors (Lipinski definition) is 2. The van der Waals surface area contributed by atoms with E-state index in [0.717, 1.165) is 35.9 Å². The number of hydrogen-bond donors (Lipinski definition) is 3. The number of aromatic nitrogens is 1. The number of carbonyl (C=O) groups excluding carboxylic acids is 1. The number of H-pyrrole nitrogens is 1. The minimum absolute atomic E-state index is 0.236. The fourth-order valence-corrected chi connectivity index (χ4v) is 3.26. The van der Waals surface area contributed by atoms with Gasteiger partial charge in [-0.15, -0.1) is 0 Å². The van der Waals surface area contributed by atoms with Crippen LogP contribution in [0, 0.1) is 5.92 Å². The minimum atomic E-state index is -0.679. The molecule has 1 heterocycles. The van der Waals surface area contributed by atoms with Crippen molar-refractivity contribution in [3.05, 3.63) is 35.0 Å². The van der Waals surface area contributed by atoms with Crippen molar-refractivity contribution in [1.29, 1.82) is 0 Å². The fourth-order valence-electron chi connectivity index (χ4n) is 3.26. The maximum atomic E-state index is 11.5. The zero-order chi connectivity index (χ0) is 14.5. The van der Waals surface area contributed by atoms with E-state index in [4.69, 9.17) is 5.73 Å². The van der Waals surface area contributed by atoms with Gasteiger partial charge in [0.2, 0.25) is 0 Å². The zero-order valence-corrected chi connectivity index (χ0v) is 11.9. The molecule has 1 aliphatic rings. The Kier molecular flexibility index (Phi) is 2.87. The third-order valence-electron chi connectivity index (χ3n) is 4.49. The Morgan fingerprint density at radius 2 is 2.20 bits per heavy atom. The third-order valence-corrected chi connectivity index (χ3v) is 4.49. The second-order valence-electron chi connectivity index (χ2n) is 6.27. The molecule has 20 heavy (non-hydrogen) atoms. The minimum Gasteiger partial charge on any atom is -0.390 e. The van der Waals surface area contributed by atoms with Crippen molar-refractivity contribution < 1.29 is 9.90 Å². The molecule has 1 unspecified atom stereocenters. The normalized spacial score (nSPS) is 19.1. The molecule has 0 saturated heterocycles. The van der Waals surface area contributed by atoms with Crippen LogP contribution >= 0.6 is 0 Å². The van der Waals surface area contributed by atoms with E-state index in [1.54, 1.807) is 6.07 Å². The van der Waals surface area contributed by atoms with E-state index in [1.165, 1.54) is 5.56 Å². The number of nitrogens with two attached hydrogens (primary N) is 1. The van der Waals surface area contributed by atoms with Crippen LogP contribution in [0.2, 0.25) is 0 Å². The summed E-state index contributed by atoms with van der Waals surface area (Å²) in [5.41, 5.74) is 8.53. The highest BCUT2D eigenvalue weighted by Crippen LogP contribution is 2.36. The summed E-state index contributed by atoms with van der Waals surface area (Å²) < 4.78 is 0. The van der Waals surface area contributed by atoms with E-state index in [1.807, 2.05) is 26.0 Å². The van der Waals surface area contributed by atoms with Gasteiger partial charge in [0, 0.05) is 11.1 Å². The molecular weight excluding hydrogens is 252 g/mol. The molecule has 0 aliphatic heterocycles. The summed E-state index contributed by atoms with van der Waals surface area (Å²) in [6.45, 7) is 3.72. The van der Waals surface area contributed by atoms with E-state index in [2.05, 4.69) is 4.98 Å². The van der Waals surface area contributed by atoms with Gasteiger partial charge in [0.25, 0.3) is 5.91 Å². The van der Waals surface area contributed by atoms with Crippen LogP contribution in [0.3, 0.4) is 0 Å². The number of nitrogens with one attached hydrogen (secondary N) is 1. The van der Waals surface area contributed by atoms with Gasteiger partial charge in [0.05, 0.1) is 16.7 Å². The number of fused-ring (bicyclic) bond motifs is 3. The average molecular weight is 272 g/mol. The van der Waals surface area contributed by atoms with Gasteiger partial charge in [0.15, 0.2) is 0 Å². The lowest BCUT2D eigenvalue weighted by molar-refractivity contribution is 0.0107. The maximum Gasteiger partial charge on any atom is 0.250 e. The summed E-state index contributed by atoms with van der Waals surface area (Å²) in [5, 5.41) is 11.3. The Balaban J connectivity index is 2.11. The van der Waals surface area contributed by atoms with E-state index in [-0.39, 0.29) is 5.92 Å². The number of aromatic amines is 1. The maximum absolute atomic E-state index is 11.5. The van der Waals surface area contributed by atoms with E-state index in [9.17, 15) is 9.90 Å². The summed E-state index contributed by atoms with van der Waals surface area (Å²) in [7, 11) is 0. The van der Waals surface area contributed by atoms with E-state index < -0.39 is 11.5 Å². The fraction of sp³-hybridized carbons (Fsp3) is 0.438. The van der Waals surface area contributed by atoms with E-state index >= 15 is 0 Å². The molecule has 0 radical (unpaired) electrons. The van der Waals surface area contributed by atoms with Crippen molar-refractivity contribution in [2.45, 2.75) is 38.7 Å². The van der Waals surface area contributed by atoms with Gasteiger partial charge in [0.1, 0.15) is 0 Å². The lowest BCUT2D eigenvalue weighted by Crippen LogP contribution is -2.34. The van der Waals surface area contributed by atoms with Gasteiger partial charge >= 0.3 is 0 Å². The number of aryl methyl sites for hydroxylation is 1. The number of primary amides is 1. The Morgan fingerprint density at radius 1 is 1.45 bits per heavy atom. The first-order chi connectivity index (χ1) is 9.38. The van der Waals surface area contributed by atoms with Gasteiger partial charge in [-0.05, 0) is 50.7 Å². The van der Waals surface area contributed by atoms with Gasteiger partial charge in [-0.2, -0.15) is 0 Å². The molecule has 3 rings (SSSR count). The highest BCUT2D eigenvalue weighted by Gasteiger charge is 2.32. The molecule has 4 nitrogen and oxygen atoms in total. The van der Waals surface area contributed by atoms with Crippen molar-refractivity contribution in [3.63, 3.8) is 0 Å². The topological polar surface area (TPSA) is 79.1 Å². The van der Waals surface area contributed by atoms with Crippen LogP contribution in [0.25, 0.3) is 10.9 Å². The largest absolute Gasteiger partial charge is 0.390 e. The Hall–Kier alpha value is -1.81. The Labute approximate surface area is 118 Å². The standard InChI is InChI=1S/C16H20N2O2/c1-16(2,20)9-6-7-10-11-4-3-5-12(15(17)19)14(11)18-13(10)8-9/h3-5,9,18,20H,6-8H2,1-2H3,(H2,17,19). The molecule has 0 saturated carbocycles. The van der Waals surface area contributed by atoms with Gasteiger partial charge < -0.3 is 15.8 Å². The monoisotopic (exact) mass is 272 g/mol. The van der Waals surface area contributed by atoms with Crippen LogP contribution in [0.15, 0.2) is 18.2 Å². The van der Waals surface area contributed by atoms with Crippen LogP contribution < -0.4 is 5.73 Å². The van der Waals surface area contributed by atoms with Crippen LogP contribution in [0.1, 0.15) is 41.9 Å². The first-order valence-corrected chi connectivity index (χ1v) is 7.02. The third kappa shape index (κ3) is 2.00. The second-order valence-corrected chi connectivity index (χ2v) is 6.27. The zero-order valence-electron chi connectivity index (χ0n) is 11.9. The molecule has 1 aliphatic carbocycles. The highest BCUT2D eigenvalue weighted by molar-refractivity contribution is 6.06. The molecule has 1 atom stereocenters. The number of aliphatic hydroxyl groups is 1. The smallest absolute Gasteiger partial charge is 0.250 e. The molecule has 0 fully saturated rings. The second kappa shape index (κ2) is 4.35. The molecule has 0 bridgehead atoms. The summed E-state index contributed by atoms with van der Waals surface area (Å²) in [6, 6.07) is 5.65. The number of rotatable bonds is 2. The lowest BCUT2D eigenvalue weighted by Gasteiger charge is -2.32. The van der Waals surface area contributed by atoms with Crippen LogP contribution in [-0.4, -0.2) is 21.6 Å². The van der Waals surface area contributed by atoms with Crippen LogP contribution in [0.5, 0.6) is 0 Å². The number of amides is 1. The van der Waals surface area contributed by atoms with Gasteiger partial charge in [-0.25, -0.2) is 0 Å².